The average molecular weight is 284 g/mol. The summed E-state index contributed by atoms with van der Waals surface area (Å²) in [6.45, 7) is 7.18. The van der Waals surface area contributed by atoms with Gasteiger partial charge in [0.1, 0.15) is 0 Å². The fourth-order valence-corrected chi connectivity index (χ4v) is 3.12. The minimum atomic E-state index is 0.622. The molecule has 21 heavy (non-hydrogen) atoms. The number of hydrogen-bond donors (Lipinski definition) is 0. The summed E-state index contributed by atoms with van der Waals surface area (Å²) in [5, 5.41) is 0. The van der Waals surface area contributed by atoms with Crippen molar-refractivity contribution < 1.29 is 4.74 Å². The molecule has 1 aliphatic carbocycles. The Kier molecular flexibility index (Phi) is 6.75. The number of rotatable bonds is 7. The summed E-state index contributed by atoms with van der Waals surface area (Å²) in [5.41, 5.74) is 2.75. The van der Waals surface area contributed by atoms with Crippen LogP contribution in [0.1, 0.15) is 56.1 Å². The molecule has 0 radical (unpaired) electrons. The van der Waals surface area contributed by atoms with Crippen molar-refractivity contribution in [2.24, 2.45) is 5.92 Å². The van der Waals surface area contributed by atoms with E-state index in [1.165, 1.54) is 36.8 Å². The Morgan fingerprint density at radius 1 is 1.14 bits per heavy atom. The van der Waals surface area contributed by atoms with E-state index in [2.05, 4.69) is 49.9 Å². The molecule has 1 nitrogen and oxygen atoms in total. The summed E-state index contributed by atoms with van der Waals surface area (Å²) in [6, 6.07) is 9.00. The van der Waals surface area contributed by atoms with Crippen molar-refractivity contribution in [2.45, 2.75) is 51.6 Å². The Labute approximate surface area is 129 Å². The number of benzene rings is 1. The van der Waals surface area contributed by atoms with E-state index in [4.69, 9.17) is 4.74 Å². The van der Waals surface area contributed by atoms with Crippen molar-refractivity contribution >= 4 is 0 Å². The molecule has 0 spiro atoms. The Hall–Kier alpha value is -1.34. The molecule has 114 valence electrons. The number of allylic oxidation sites excluding steroid dienone is 2. The Balaban J connectivity index is 1.83. The lowest BCUT2D eigenvalue weighted by Gasteiger charge is -2.27. The second kappa shape index (κ2) is 8.84. The van der Waals surface area contributed by atoms with Gasteiger partial charge in [0.2, 0.25) is 0 Å². The highest BCUT2D eigenvalue weighted by Gasteiger charge is 2.20. The predicted molar refractivity (Wildman–Crippen MR) is 90.4 cm³/mol. The van der Waals surface area contributed by atoms with Gasteiger partial charge >= 0.3 is 0 Å². The second-order valence-corrected chi connectivity index (χ2v) is 5.99. The fraction of sp³-hybridized carbons (Fsp3) is 0.500. The van der Waals surface area contributed by atoms with Gasteiger partial charge in [-0.2, -0.15) is 0 Å². The van der Waals surface area contributed by atoms with Gasteiger partial charge in [0.15, 0.2) is 0 Å². The van der Waals surface area contributed by atoms with E-state index < -0.39 is 0 Å². The van der Waals surface area contributed by atoms with Crippen LogP contribution in [0.25, 0.3) is 0 Å². The molecule has 2 rings (SSSR count). The van der Waals surface area contributed by atoms with Crippen molar-refractivity contribution in [2.75, 3.05) is 6.61 Å². The molecule has 0 amide bonds. The maximum atomic E-state index is 5.48. The molecule has 0 heterocycles. The zero-order chi connectivity index (χ0) is 14.9. The molecule has 0 saturated heterocycles. The third-order valence-electron chi connectivity index (χ3n) is 4.37. The summed E-state index contributed by atoms with van der Waals surface area (Å²) in [4.78, 5) is 0. The quantitative estimate of drug-likeness (QED) is 0.466. The van der Waals surface area contributed by atoms with Gasteiger partial charge in [-0.1, -0.05) is 49.4 Å². The molecular weight excluding hydrogens is 256 g/mol. The van der Waals surface area contributed by atoms with Crippen LogP contribution in [0.15, 0.2) is 49.1 Å². The largest absolute Gasteiger partial charge is 0.373 e. The van der Waals surface area contributed by atoms with Crippen molar-refractivity contribution in [3.8, 4) is 0 Å². The maximum absolute atomic E-state index is 5.48. The topological polar surface area (TPSA) is 9.23 Å². The zero-order valence-electron chi connectivity index (χ0n) is 13.3. The first-order chi connectivity index (χ1) is 10.3. The molecule has 1 aromatic carbocycles. The average Bonchev–Trinajstić information content (AvgIpc) is 2.54. The van der Waals surface area contributed by atoms with Crippen LogP contribution in [-0.4, -0.2) is 6.61 Å². The van der Waals surface area contributed by atoms with E-state index in [-0.39, 0.29) is 0 Å². The lowest BCUT2D eigenvalue weighted by molar-refractivity contribution is 0.149. The van der Waals surface area contributed by atoms with Crippen LogP contribution in [0.5, 0.6) is 0 Å². The molecular formula is C20H28O. The van der Waals surface area contributed by atoms with Crippen LogP contribution in [-0.2, 0) is 11.3 Å². The molecule has 0 unspecified atom stereocenters. The van der Waals surface area contributed by atoms with Gasteiger partial charge in [0, 0.05) is 0 Å². The molecule has 1 saturated carbocycles. The van der Waals surface area contributed by atoms with E-state index in [0.717, 1.165) is 18.3 Å². The summed E-state index contributed by atoms with van der Waals surface area (Å²) < 4.78 is 5.48. The van der Waals surface area contributed by atoms with Crippen LogP contribution in [0.4, 0.5) is 0 Å². The molecule has 0 atom stereocenters. The van der Waals surface area contributed by atoms with Crippen LogP contribution in [0, 0.1) is 5.92 Å². The first-order valence-electron chi connectivity index (χ1n) is 8.27. The third kappa shape index (κ3) is 5.17. The highest BCUT2D eigenvalue weighted by Crippen LogP contribution is 2.36. The molecule has 0 bridgehead atoms. The highest BCUT2D eigenvalue weighted by molar-refractivity contribution is 5.25. The number of hydrogen-bond acceptors (Lipinski definition) is 1. The van der Waals surface area contributed by atoms with Gasteiger partial charge < -0.3 is 4.74 Å². The van der Waals surface area contributed by atoms with E-state index in [1.807, 2.05) is 0 Å². The summed E-state index contributed by atoms with van der Waals surface area (Å²) in [5.74, 6) is 1.56. The van der Waals surface area contributed by atoms with Crippen LogP contribution in [0.2, 0.25) is 0 Å². The molecule has 0 aromatic heterocycles. The monoisotopic (exact) mass is 284 g/mol. The minimum absolute atomic E-state index is 0.622. The van der Waals surface area contributed by atoms with Gasteiger partial charge in [-0.05, 0) is 55.1 Å². The molecule has 0 N–H and O–H groups in total. The Bertz CT molecular complexity index is 435. The van der Waals surface area contributed by atoms with Crippen molar-refractivity contribution in [1.82, 2.24) is 0 Å². The SMILES string of the molecule is C=CCOCc1ccc(C2CCC(/C=C/CC)CC2)cc1. The van der Waals surface area contributed by atoms with Gasteiger partial charge in [-0.3, -0.25) is 0 Å². The smallest absolute Gasteiger partial charge is 0.0721 e. The fourth-order valence-electron chi connectivity index (χ4n) is 3.12. The van der Waals surface area contributed by atoms with Gasteiger partial charge in [0.05, 0.1) is 13.2 Å². The molecule has 1 fully saturated rings. The van der Waals surface area contributed by atoms with Crippen LogP contribution >= 0.6 is 0 Å². The zero-order valence-corrected chi connectivity index (χ0v) is 13.3. The first-order valence-corrected chi connectivity index (χ1v) is 8.27. The van der Waals surface area contributed by atoms with Gasteiger partial charge in [-0.25, -0.2) is 0 Å². The Morgan fingerprint density at radius 2 is 1.86 bits per heavy atom. The lowest BCUT2D eigenvalue weighted by atomic mass is 9.78. The van der Waals surface area contributed by atoms with E-state index in [0.29, 0.717) is 13.2 Å². The molecule has 1 aromatic rings. The summed E-state index contributed by atoms with van der Waals surface area (Å²) >= 11 is 0. The predicted octanol–water partition coefficient (Wildman–Crippen LogP) is 5.63. The van der Waals surface area contributed by atoms with Crippen molar-refractivity contribution in [3.05, 3.63) is 60.2 Å². The van der Waals surface area contributed by atoms with Crippen LogP contribution < -0.4 is 0 Å². The summed E-state index contributed by atoms with van der Waals surface area (Å²) in [6.07, 6.45) is 13.0. The second-order valence-electron chi connectivity index (χ2n) is 5.99. The van der Waals surface area contributed by atoms with Crippen LogP contribution in [0.3, 0.4) is 0 Å². The minimum Gasteiger partial charge on any atom is -0.373 e. The molecule has 1 aliphatic rings. The van der Waals surface area contributed by atoms with Gasteiger partial charge in [-0.15, -0.1) is 6.58 Å². The van der Waals surface area contributed by atoms with E-state index in [1.54, 1.807) is 6.08 Å². The number of ether oxygens (including phenoxy) is 1. The Morgan fingerprint density at radius 3 is 2.48 bits per heavy atom. The first kappa shape index (κ1) is 16.0. The van der Waals surface area contributed by atoms with Gasteiger partial charge in [0.25, 0.3) is 0 Å². The third-order valence-corrected chi connectivity index (χ3v) is 4.37. The van der Waals surface area contributed by atoms with Crippen molar-refractivity contribution in [3.63, 3.8) is 0 Å². The molecule has 0 aliphatic heterocycles. The van der Waals surface area contributed by atoms with E-state index in [9.17, 15) is 0 Å². The molecule has 1 heteroatoms. The maximum Gasteiger partial charge on any atom is 0.0721 e. The normalized spacial score (nSPS) is 22.5. The van der Waals surface area contributed by atoms with Crippen molar-refractivity contribution in [1.29, 1.82) is 0 Å². The van der Waals surface area contributed by atoms with E-state index >= 15 is 0 Å². The highest BCUT2D eigenvalue weighted by atomic mass is 16.5. The standard InChI is InChI=1S/C20H28O/c1-3-5-6-17-7-11-19(12-8-17)20-13-9-18(10-14-20)16-21-15-4-2/h4-6,9-10,13-14,17,19H,2-3,7-8,11-12,15-16H2,1H3/b6-5+. The lowest BCUT2D eigenvalue weighted by Crippen LogP contribution is -2.11. The summed E-state index contributed by atoms with van der Waals surface area (Å²) in [7, 11) is 0.